The van der Waals surface area contributed by atoms with Gasteiger partial charge in [0.25, 0.3) is 0 Å². The van der Waals surface area contributed by atoms with Gasteiger partial charge in [0.1, 0.15) is 11.5 Å². The van der Waals surface area contributed by atoms with Crippen LogP contribution in [0.1, 0.15) is 35.4 Å². The lowest BCUT2D eigenvalue weighted by molar-refractivity contribution is 0.0336. The number of rotatable bonds is 7. The summed E-state index contributed by atoms with van der Waals surface area (Å²) in [6.45, 7) is 5.69. The van der Waals surface area contributed by atoms with E-state index in [0.29, 0.717) is 17.2 Å². The standard InChI is InChI=1S/C30H31N5O4/c1-20(36)35-12-4-7-28(35)25-17-27(25)33-30(37)32-26-10-11-29(24-6-3-2-5-23(24)26)39-22-9-8-21(31-18-22)19-34-13-15-38-16-14-34/h2-12,18,25,27H,13-17,19H2,1H3,(H2,32,33,37). The van der Waals surface area contributed by atoms with Crippen LogP contribution >= 0.6 is 0 Å². The molecule has 1 saturated carbocycles. The van der Waals surface area contributed by atoms with Crippen LogP contribution < -0.4 is 15.4 Å². The molecule has 0 spiro atoms. The maximum absolute atomic E-state index is 12.8. The van der Waals surface area contributed by atoms with Crippen molar-refractivity contribution in [2.45, 2.75) is 31.8 Å². The number of fused-ring (bicyclic) bond motifs is 1. The number of carbonyl (C=O) groups is 2. The van der Waals surface area contributed by atoms with Crippen molar-refractivity contribution in [2.75, 3.05) is 31.6 Å². The van der Waals surface area contributed by atoms with E-state index in [2.05, 4.69) is 20.5 Å². The highest BCUT2D eigenvalue weighted by Gasteiger charge is 2.41. The highest BCUT2D eigenvalue weighted by atomic mass is 16.5. The molecule has 39 heavy (non-hydrogen) atoms. The van der Waals surface area contributed by atoms with E-state index >= 15 is 0 Å². The molecule has 2 aromatic heterocycles. The Morgan fingerprint density at radius 1 is 1.03 bits per heavy atom. The van der Waals surface area contributed by atoms with Crippen molar-refractivity contribution in [2.24, 2.45) is 0 Å². The number of benzene rings is 2. The van der Waals surface area contributed by atoms with Crippen molar-refractivity contribution in [3.63, 3.8) is 0 Å². The van der Waals surface area contributed by atoms with Gasteiger partial charge >= 0.3 is 6.03 Å². The molecule has 9 nitrogen and oxygen atoms in total. The Morgan fingerprint density at radius 3 is 2.62 bits per heavy atom. The van der Waals surface area contributed by atoms with Gasteiger partial charge in [-0.25, -0.2) is 4.79 Å². The third-order valence-electron chi connectivity index (χ3n) is 7.25. The van der Waals surface area contributed by atoms with Crippen molar-refractivity contribution in [1.82, 2.24) is 19.8 Å². The monoisotopic (exact) mass is 525 g/mol. The number of aromatic nitrogens is 2. The smallest absolute Gasteiger partial charge is 0.319 e. The maximum Gasteiger partial charge on any atom is 0.319 e. The Hall–Kier alpha value is -4.21. The van der Waals surface area contributed by atoms with E-state index in [1.165, 1.54) is 6.92 Å². The number of carbonyl (C=O) groups excluding carboxylic acids is 2. The topological polar surface area (TPSA) is 97.7 Å². The Kier molecular flexibility index (Phi) is 7.00. The van der Waals surface area contributed by atoms with Crippen LogP contribution in [0.3, 0.4) is 0 Å². The second-order valence-electron chi connectivity index (χ2n) is 10.0. The molecule has 2 fully saturated rings. The molecule has 1 aliphatic heterocycles. The van der Waals surface area contributed by atoms with Crippen molar-refractivity contribution >= 4 is 28.4 Å². The highest BCUT2D eigenvalue weighted by molar-refractivity contribution is 6.04. The number of ether oxygens (including phenoxy) is 2. The zero-order valence-corrected chi connectivity index (χ0v) is 21.8. The van der Waals surface area contributed by atoms with E-state index in [9.17, 15) is 9.59 Å². The van der Waals surface area contributed by atoms with E-state index in [4.69, 9.17) is 9.47 Å². The van der Waals surface area contributed by atoms with E-state index in [-0.39, 0.29) is 23.9 Å². The molecule has 6 rings (SSSR count). The van der Waals surface area contributed by atoms with Gasteiger partial charge in [-0.2, -0.15) is 0 Å². The minimum Gasteiger partial charge on any atom is -0.455 e. The highest BCUT2D eigenvalue weighted by Crippen LogP contribution is 2.41. The number of amides is 2. The molecule has 2 atom stereocenters. The van der Waals surface area contributed by atoms with Gasteiger partial charge in [-0.15, -0.1) is 0 Å². The number of morpholine rings is 1. The van der Waals surface area contributed by atoms with Crippen LogP contribution in [0.2, 0.25) is 0 Å². The second-order valence-corrected chi connectivity index (χ2v) is 10.0. The van der Waals surface area contributed by atoms with Gasteiger partial charge in [0.2, 0.25) is 5.91 Å². The first-order valence-corrected chi connectivity index (χ1v) is 13.3. The van der Waals surface area contributed by atoms with Crippen molar-refractivity contribution in [3.8, 4) is 11.5 Å². The molecule has 200 valence electrons. The van der Waals surface area contributed by atoms with Gasteiger partial charge < -0.3 is 20.1 Å². The van der Waals surface area contributed by atoms with Crippen LogP contribution in [0.15, 0.2) is 73.1 Å². The summed E-state index contributed by atoms with van der Waals surface area (Å²) < 4.78 is 13.3. The predicted octanol–water partition coefficient (Wildman–Crippen LogP) is 5.00. The Labute approximate surface area is 226 Å². The lowest BCUT2D eigenvalue weighted by atomic mass is 10.1. The molecule has 2 N–H and O–H groups in total. The van der Waals surface area contributed by atoms with Gasteiger partial charge in [-0.1, -0.05) is 24.3 Å². The van der Waals surface area contributed by atoms with Gasteiger partial charge in [-0.05, 0) is 42.8 Å². The zero-order valence-electron chi connectivity index (χ0n) is 21.8. The van der Waals surface area contributed by atoms with E-state index in [1.54, 1.807) is 17.0 Å². The summed E-state index contributed by atoms with van der Waals surface area (Å²) in [6.07, 6.45) is 4.31. The number of anilines is 1. The van der Waals surface area contributed by atoms with Gasteiger partial charge in [0, 0.05) is 61.2 Å². The molecule has 2 amide bonds. The van der Waals surface area contributed by atoms with E-state index < -0.39 is 0 Å². The zero-order chi connectivity index (χ0) is 26.8. The first-order chi connectivity index (χ1) is 19.0. The quantitative estimate of drug-likeness (QED) is 0.353. The number of pyridine rings is 1. The summed E-state index contributed by atoms with van der Waals surface area (Å²) in [4.78, 5) is 31.6. The Bertz CT molecular complexity index is 1490. The largest absolute Gasteiger partial charge is 0.455 e. The fourth-order valence-corrected chi connectivity index (χ4v) is 5.14. The fourth-order valence-electron chi connectivity index (χ4n) is 5.14. The number of hydrogen-bond donors (Lipinski definition) is 2. The summed E-state index contributed by atoms with van der Waals surface area (Å²) in [7, 11) is 0. The van der Waals surface area contributed by atoms with Crippen molar-refractivity contribution < 1.29 is 19.1 Å². The molecule has 3 heterocycles. The van der Waals surface area contributed by atoms with Crippen LogP contribution in [0.4, 0.5) is 10.5 Å². The molecular formula is C30H31N5O4. The second kappa shape index (κ2) is 10.9. The summed E-state index contributed by atoms with van der Waals surface area (Å²) in [6, 6.07) is 19.0. The number of urea groups is 1. The summed E-state index contributed by atoms with van der Waals surface area (Å²) >= 11 is 0. The molecule has 1 aliphatic carbocycles. The molecule has 2 aliphatic rings. The molecule has 2 unspecified atom stereocenters. The predicted molar refractivity (Wildman–Crippen MR) is 148 cm³/mol. The molecule has 0 radical (unpaired) electrons. The normalized spacial score (nSPS) is 19.0. The van der Waals surface area contributed by atoms with Crippen LogP contribution in [0.5, 0.6) is 11.5 Å². The number of nitrogens with zero attached hydrogens (tertiary/aromatic N) is 3. The summed E-state index contributed by atoms with van der Waals surface area (Å²) in [5, 5.41) is 7.79. The third kappa shape index (κ3) is 5.64. The molecule has 2 aromatic carbocycles. The van der Waals surface area contributed by atoms with Crippen LogP contribution in [-0.4, -0.2) is 58.7 Å². The number of nitrogens with one attached hydrogen (secondary N) is 2. The molecule has 4 aromatic rings. The van der Waals surface area contributed by atoms with E-state index in [0.717, 1.165) is 61.4 Å². The average Bonchev–Trinajstić information content (AvgIpc) is 3.51. The molecule has 1 saturated heterocycles. The van der Waals surface area contributed by atoms with E-state index in [1.807, 2.05) is 60.7 Å². The third-order valence-corrected chi connectivity index (χ3v) is 7.25. The maximum atomic E-state index is 12.8. The van der Waals surface area contributed by atoms with Crippen LogP contribution in [-0.2, 0) is 11.3 Å². The lowest BCUT2D eigenvalue weighted by Gasteiger charge is -2.26. The first-order valence-electron chi connectivity index (χ1n) is 13.3. The van der Waals surface area contributed by atoms with Gasteiger partial charge in [0.15, 0.2) is 0 Å². The number of hydrogen-bond acceptors (Lipinski definition) is 6. The molecular weight excluding hydrogens is 494 g/mol. The molecule has 0 bridgehead atoms. The van der Waals surface area contributed by atoms with Crippen LogP contribution in [0.25, 0.3) is 10.8 Å². The minimum absolute atomic E-state index is 0.00871. The first kappa shape index (κ1) is 25.1. The minimum atomic E-state index is -0.276. The average molecular weight is 526 g/mol. The summed E-state index contributed by atoms with van der Waals surface area (Å²) in [5.74, 6) is 1.44. The van der Waals surface area contributed by atoms with Gasteiger partial charge in [0.05, 0.1) is 30.8 Å². The Morgan fingerprint density at radius 2 is 1.85 bits per heavy atom. The summed E-state index contributed by atoms with van der Waals surface area (Å²) in [5.41, 5.74) is 2.62. The lowest BCUT2D eigenvalue weighted by Crippen LogP contribution is -2.35. The SMILES string of the molecule is CC(=O)n1cccc1C1CC1NC(=O)Nc1ccc(Oc2ccc(CN3CCOCC3)nc2)c2ccccc12. The Balaban J connectivity index is 1.11. The fraction of sp³-hybridized carbons (Fsp3) is 0.300. The van der Waals surface area contributed by atoms with Crippen molar-refractivity contribution in [1.29, 1.82) is 0 Å². The molecule has 9 heteroatoms. The van der Waals surface area contributed by atoms with Gasteiger partial charge in [-0.3, -0.25) is 19.2 Å². The van der Waals surface area contributed by atoms with Crippen LogP contribution in [0, 0.1) is 0 Å². The van der Waals surface area contributed by atoms with Crippen molar-refractivity contribution in [3.05, 3.63) is 84.4 Å².